The van der Waals surface area contributed by atoms with Gasteiger partial charge in [0.05, 0.1) is 4.90 Å². The molecule has 0 bridgehead atoms. The number of amides is 2. The highest BCUT2D eigenvalue weighted by Crippen LogP contribution is 2.35. The minimum Gasteiger partial charge on any atom is -0.350 e. The number of pyridine rings is 1. The molecule has 1 N–H and O–H groups in total. The lowest BCUT2D eigenvalue weighted by Gasteiger charge is -2.23. The number of nitrogens with zero attached hydrogens (tertiary/aromatic N) is 3. The third-order valence-corrected chi connectivity index (χ3v) is 7.26. The van der Waals surface area contributed by atoms with E-state index in [4.69, 9.17) is 0 Å². The van der Waals surface area contributed by atoms with E-state index in [9.17, 15) is 18.0 Å². The first kappa shape index (κ1) is 21.9. The minimum absolute atomic E-state index is 0.171. The van der Waals surface area contributed by atoms with Gasteiger partial charge in [-0.25, -0.2) is 8.42 Å². The van der Waals surface area contributed by atoms with Gasteiger partial charge in [0.15, 0.2) is 0 Å². The van der Waals surface area contributed by atoms with Crippen LogP contribution in [0.2, 0.25) is 0 Å². The number of aromatic nitrogens is 1. The summed E-state index contributed by atoms with van der Waals surface area (Å²) in [5.41, 5.74) is 2.09. The Morgan fingerprint density at radius 1 is 1.23 bits per heavy atom. The van der Waals surface area contributed by atoms with E-state index in [1.54, 1.807) is 44.4 Å². The number of hydrogen-bond acceptors (Lipinski definition) is 5. The third kappa shape index (κ3) is 4.22. The second-order valence-corrected chi connectivity index (χ2v) is 9.01. The maximum atomic E-state index is 12.8. The van der Waals surface area contributed by atoms with E-state index < -0.39 is 16.1 Å². The smallest absolute Gasteiger partial charge is 0.243 e. The predicted octanol–water partition coefficient (Wildman–Crippen LogP) is 1.71. The fraction of sp³-hybridized carbons (Fsp3) is 0.381. The molecule has 1 aliphatic heterocycles. The van der Waals surface area contributed by atoms with Crippen molar-refractivity contribution in [1.29, 1.82) is 0 Å². The summed E-state index contributed by atoms with van der Waals surface area (Å²) in [5, 5.41) is 2.84. The van der Waals surface area contributed by atoms with Crippen molar-refractivity contribution < 1.29 is 18.0 Å². The van der Waals surface area contributed by atoms with Gasteiger partial charge in [-0.15, -0.1) is 0 Å². The van der Waals surface area contributed by atoms with Gasteiger partial charge >= 0.3 is 0 Å². The molecule has 1 aliphatic rings. The van der Waals surface area contributed by atoms with Gasteiger partial charge in [0.25, 0.3) is 0 Å². The topological polar surface area (TPSA) is 99.7 Å². The Balaban J connectivity index is 1.85. The molecular formula is C21H26N4O4S. The van der Waals surface area contributed by atoms with Crippen LogP contribution in [0.4, 0.5) is 5.69 Å². The maximum absolute atomic E-state index is 12.8. The fourth-order valence-electron chi connectivity index (χ4n) is 3.71. The van der Waals surface area contributed by atoms with E-state index >= 15 is 0 Å². The lowest BCUT2D eigenvalue weighted by Crippen LogP contribution is -2.47. The minimum atomic E-state index is -3.62. The highest BCUT2D eigenvalue weighted by molar-refractivity contribution is 7.89. The average molecular weight is 431 g/mol. The first-order valence-corrected chi connectivity index (χ1v) is 11.3. The van der Waals surface area contributed by atoms with Gasteiger partial charge in [-0.1, -0.05) is 19.9 Å². The normalized spacial score (nSPS) is 15.9. The van der Waals surface area contributed by atoms with Gasteiger partial charge < -0.3 is 5.32 Å². The molecular weight excluding hydrogens is 404 g/mol. The number of rotatable bonds is 7. The molecule has 0 fully saturated rings. The molecule has 1 unspecified atom stereocenters. The molecule has 0 aliphatic carbocycles. The first-order chi connectivity index (χ1) is 14.3. The van der Waals surface area contributed by atoms with Gasteiger partial charge in [0, 0.05) is 51.1 Å². The summed E-state index contributed by atoms with van der Waals surface area (Å²) in [6, 6.07) is 7.60. The molecule has 160 valence electrons. The van der Waals surface area contributed by atoms with Crippen LogP contribution in [0.1, 0.15) is 31.9 Å². The summed E-state index contributed by atoms with van der Waals surface area (Å²) in [7, 11) is -3.62. The van der Waals surface area contributed by atoms with Gasteiger partial charge in [-0.3, -0.25) is 19.5 Å². The number of benzene rings is 1. The molecule has 30 heavy (non-hydrogen) atoms. The monoisotopic (exact) mass is 430 g/mol. The molecule has 1 atom stereocenters. The molecule has 2 aromatic rings. The Bertz CT molecular complexity index is 1040. The van der Waals surface area contributed by atoms with Crippen molar-refractivity contribution in [3.8, 4) is 0 Å². The fourth-order valence-corrected chi connectivity index (χ4v) is 5.22. The van der Waals surface area contributed by atoms with E-state index in [0.29, 0.717) is 30.9 Å². The Morgan fingerprint density at radius 3 is 2.57 bits per heavy atom. The zero-order chi connectivity index (χ0) is 21.9. The molecule has 3 rings (SSSR count). The molecule has 8 nitrogen and oxygen atoms in total. The Kier molecular flexibility index (Phi) is 6.52. The van der Waals surface area contributed by atoms with E-state index in [0.717, 1.165) is 5.56 Å². The van der Waals surface area contributed by atoms with E-state index in [1.165, 1.54) is 22.2 Å². The van der Waals surface area contributed by atoms with Crippen molar-refractivity contribution in [2.45, 2.75) is 44.7 Å². The predicted molar refractivity (Wildman–Crippen MR) is 113 cm³/mol. The molecule has 9 heteroatoms. The molecule has 0 spiro atoms. The van der Waals surface area contributed by atoms with E-state index in [1.807, 2.05) is 6.07 Å². The summed E-state index contributed by atoms with van der Waals surface area (Å²) >= 11 is 0. The zero-order valence-electron chi connectivity index (χ0n) is 17.3. The molecule has 0 radical (unpaired) electrons. The van der Waals surface area contributed by atoms with Crippen LogP contribution in [-0.4, -0.2) is 48.7 Å². The van der Waals surface area contributed by atoms with Crippen molar-refractivity contribution in [3.63, 3.8) is 0 Å². The SMILES string of the molecule is CCN(CC)S(=O)(=O)c1ccc2c(c1)CC(C(=O)NCc1cccnc1)N2C(C)=O. The summed E-state index contributed by atoms with van der Waals surface area (Å²) in [6.45, 7) is 6.01. The highest BCUT2D eigenvalue weighted by atomic mass is 32.2. The quantitative estimate of drug-likeness (QED) is 0.721. The summed E-state index contributed by atoms with van der Waals surface area (Å²) in [6.07, 6.45) is 3.58. The maximum Gasteiger partial charge on any atom is 0.243 e. The van der Waals surface area contributed by atoms with Crippen LogP contribution in [0.25, 0.3) is 0 Å². The van der Waals surface area contributed by atoms with Crippen LogP contribution in [0.3, 0.4) is 0 Å². The molecule has 2 amide bonds. The molecule has 2 heterocycles. The lowest BCUT2D eigenvalue weighted by atomic mass is 10.1. The Hall–Kier alpha value is -2.78. The number of carbonyl (C=O) groups excluding carboxylic acids is 2. The van der Waals surface area contributed by atoms with Crippen LogP contribution >= 0.6 is 0 Å². The second kappa shape index (κ2) is 8.93. The molecule has 1 aromatic carbocycles. The Labute approximate surface area is 177 Å². The van der Waals surface area contributed by atoms with E-state index in [-0.39, 0.29) is 23.1 Å². The van der Waals surface area contributed by atoms with Gasteiger partial charge in [0.2, 0.25) is 21.8 Å². The standard InChI is InChI=1S/C21H26N4O4S/c1-4-24(5-2)30(28,29)18-8-9-19-17(11-18)12-20(25(19)15(3)26)21(27)23-14-16-7-6-10-22-13-16/h6-11,13,20H,4-5,12,14H2,1-3H3,(H,23,27). The summed E-state index contributed by atoms with van der Waals surface area (Å²) < 4.78 is 27.1. The van der Waals surface area contributed by atoms with Crippen LogP contribution in [0.5, 0.6) is 0 Å². The van der Waals surface area contributed by atoms with Crippen LogP contribution in [0.15, 0.2) is 47.6 Å². The Morgan fingerprint density at radius 2 is 1.97 bits per heavy atom. The van der Waals surface area contributed by atoms with Crippen LogP contribution < -0.4 is 10.2 Å². The lowest BCUT2D eigenvalue weighted by molar-refractivity contribution is -0.125. The van der Waals surface area contributed by atoms with Crippen LogP contribution in [-0.2, 0) is 32.6 Å². The number of hydrogen-bond donors (Lipinski definition) is 1. The number of fused-ring (bicyclic) bond motifs is 1. The molecule has 0 saturated carbocycles. The van der Waals surface area contributed by atoms with Crippen molar-refractivity contribution in [1.82, 2.24) is 14.6 Å². The van der Waals surface area contributed by atoms with Gasteiger partial charge in [-0.2, -0.15) is 4.31 Å². The van der Waals surface area contributed by atoms with Crippen molar-refractivity contribution >= 4 is 27.5 Å². The summed E-state index contributed by atoms with van der Waals surface area (Å²) in [5.74, 6) is -0.562. The highest BCUT2D eigenvalue weighted by Gasteiger charge is 2.37. The third-order valence-electron chi connectivity index (χ3n) is 5.21. The van der Waals surface area contributed by atoms with Crippen molar-refractivity contribution in [2.75, 3.05) is 18.0 Å². The zero-order valence-corrected chi connectivity index (χ0v) is 18.1. The first-order valence-electron chi connectivity index (χ1n) is 9.89. The van der Waals surface area contributed by atoms with E-state index in [2.05, 4.69) is 10.3 Å². The van der Waals surface area contributed by atoms with Crippen molar-refractivity contribution in [3.05, 3.63) is 53.9 Å². The van der Waals surface area contributed by atoms with Gasteiger partial charge in [-0.05, 0) is 35.4 Å². The molecule has 0 saturated heterocycles. The second-order valence-electron chi connectivity index (χ2n) is 7.07. The average Bonchev–Trinajstić information content (AvgIpc) is 3.12. The van der Waals surface area contributed by atoms with Crippen molar-refractivity contribution in [2.24, 2.45) is 0 Å². The van der Waals surface area contributed by atoms with Crippen LogP contribution in [0, 0.1) is 0 Å². The number of carbonyl (C=O) groups is 2. The number of anilines is 1. The summed E-state index contributed by atoms with van der Waals surface area (Å²) in [4.78, 5) is 30.7. The van der Waals surface area contributed by atoms with Gasteiger partial charge in [0.1, 0.15) is 6.04 Å². The number of nitrogens with one attached hydrogen (secondary N) is 1. The molecule has 1 aromatic heterocycles. The largest absolute Gasteiger partial charge is 0.350 e. The number of sulfonamides is 1.